The minimum Gasteiger partial charge on any atom is -0.380 e. The van der Waals surface area contributed by atoms with E-state index in [1.54, 1.807) is 12.4 Å². The third kappa shape index (κ3) is 4.73. The molecular weight excluding hydrogens is 334 g/mol. The summed E-state index contributed by atoms with van der Waals surface area (Å²) >= 11 is 0. The summed E-state index contributed by atoms with van der Waals surface area (Å²) in [6.07, 6.45) is 4.20. The van der Waals surface area contributed by atoms with Crippen molar-refractivity contribution in [3.05, 3.63) is 88.7 Å². The predicted octanol–water partition coefficient (Wildman–Crippen LogP) is 5.13. The van der Waals surface area contributed by atoms with Gasteiger partial charge in [-0.3, -0.25) is 9.78 Å². The van der Waals surface area contributed by atoms with Gasteiger partial charge in [0.1, 0.15) is 0 Å². The van der Waals surface area contributed by atoms with Crippen LogP contribution in [-0.2, 0) is 13.0 Å². The molecule has 4 nitrogen and oxygen atoms in total. The van der Waals surface area contributed by atoms with Crippen LogP contribution in [0.4, 0.5) is 11.4 Å². The number of nitrogens with zero attached hydrogens (tertiary/aromatic N) is 1. The number of hydrogen-bond acceptors (Lipinski definition) is 3. The zero-order valence-corrected chi connectivity index (χ0v) is 16.0. The average molecular weight is 359 g/mol. The monoisotopic (exact) mass is 359 g/mol. The Morgan fingerprint density at radius 1 is 1.04 bits per heavy atom. The molecule has 0 atom stereocenters. The summed E-state index contributed by atoms with van der Waals surface area (Å²) in [7, 11) is 0. The van der Waals surface area contributed by atoms with Crippen molar-refractivity contribution in [1.29, 1.82) is 0 Å². The molecule has 3 aromatic rings. The van der Waals surface area contributed by atoms with Gasteiger partial charge in [0, 0.05) is 24.6 Å². The third-order valence-electron chi connectivity index (χ3n) is 4.56. The number of para-hydroxylation sites is 1. The van der Waals surface area contributed by atoms with E-state index in [-0.39, 0.29) is 5.91 Å². The van der Waals surface area contributed by atoms with Gasteiger partial charge >= 0.3 is 0 Å². The zero-order valence-electron chi connectivity index (χ0n) is 16.0. The molecule has 2 N–H and O–H groups in total. The number of nitrogens with one attached hydrogen (secondary N) is 2. The van der Waals surface area contributed by atoms with Crippen molar-refractivity contribution >= 4 is 17.3 Å². The van der Waals surface area contributed by atoms with Crippen LogP contribution in [0.2, 0.25) is 0 Å². The maximum atomic E-state index is 12.7. The summed E-state index contributed by atoms with van der Waals surface area (Å²) in [5.74, 6) is -0.147. The van der Waals surface area contributed by atoms with Gasteiger partial charge in [0.15, 0.2) is 0 Å². The third-order valence-corrected chi connectivity index (χ3v) is 4.56. The molecule has 138 valence electrons. The quantitative estimate of drug-likeness (QED) is 0.642. The number of carbonyl (C=O) groups excluding carboxylic acids is 1. The minimum atomic E-state index is -0.147. The van der Waals surface area contributed by atoms with Crippen LogP contribution in [-0.4, -0.2) is 10.9 Å². The molecule has 3 rings (SSSR count). The van der Waals surface area contributed by atoms with Crippen molar-refractivity contribution in [2.75, 3.05) is 10.6 Å². The van der Waals surface area contributed by atoms with E-state index in [1.165, 1.54) is 11.1 Å². The Kier molecular flexibility index (Phi) is 5.87. The molecule has 0 aliphatic rings. The number of pyridine rings is 1. The summed E-state index contributed by atoms with van der Waals surface area (Å²) in [4.78, 5) is 16.9. The van der Waals surface area contributed by atoms with Crippen LogP contribution in [0, 0.1) is 13.8 Å². The molecule has 0 radical (unpaired) electrons. The molecule has 0 fully saturated rings. The van der Waals surface area contributed by atoms with Crippen molar-refractivity contribution < 1.29 is 4.79 Å². The molecule has 0 spiro atoms. The van der Waals surface area contributed by atoms with Gasteiger partial charge in [-0.1, -0.05) is 55.0 Å². The van der Waals surface area contributed by atoms with Crippen LogP contribution in [0.25, 0.3) is 0 Å². The highest BCUT2D eigenvalue weighted by molar-refractivity contribution is 6.05. The van der Waals surface area contributed by atoms with Crippen molar-refractivity contribution in [2.45, 2.75) is 33.7 Å². The predicted molar refractivity (Wildman–Crippen MR) is 111 cm³/mol. The topological polar surface area (TPSA) is 54.0 Å². The minimum absolute atomic E-state index is 0.147. The maximum Gasteiger partial charge on any atom is 0.257 e. The number of benzene rings is 2. The highest BCUT2D eigenvalue weighted by Crippen LogP contribution is 2.22. The first-order valence-corrected chi connectivity index (χ1v) is 9.21. The van der Waals surface area contributed by atoms with Gasteiger partial charge in [-0.15, -0.1) is 0 Å². The standard InChI is InChI=1S/C23H25N3O/c1-4-19-10-6-8-17(3)22(19)26-23(27)20-12-21(15-24-14-20)25-13-18-9-5-7-16(2)11-18/h5-12,14-15,25H,4,13H2,1-3H3,(H,26,27). The lowest BCUT2D eigenvalue weighted by atomic mass is 10.1. The number of aryl methyl sites for hydroxylation is 3. The lowest BCUT2D eigenvalue weighted by molar-refractivity contribution is 0.102. The van der Waals surface area contributed by atoms with Gasteiger partial charge in [-0.2, -0.15) is 0 Å². The van der Waals surface area contributed by atoms with Gasteiger partial charge < -0.3 is 10.6 Å². The van der Waals surface area contributed by atoms with Crippen LogP contribution < -0.4 is 10.6 Å². The van der Waals surface area contributed by atoms with E-state index in [9.17, 15) is 4.79 Å². The summed E-state index contributed by atoms with van der Waals surface area (Å²) in [5.41, 5.74) is 6.86. The second-order valence-electron chi connectivity index (χ2n) is 6.72. The van der Waals surface area contributed by atoms with Gasteiger partial charge in [0.2, 0.25) is 0 Å². The first-order valence-electron chi connectivity index (χ1n) is 9.21. The Labute approximate surface area is 160 Å². The molecule has 4 heteroatoms. The summed E-state index contributed by atoms with van der Waals surface area (Å²) in [6.45, 7) is 6.85. The second-order valence-corrected chi connectivity index (χ2v) is 6.72. The number of carbonyl (C=O) groups is 1. The van der Waals surface area contributed by atoms with Crippen molar-refractivity contribution in [3.8, 4) is 0 Å². The zero-order chi connectivity index (χ0) is 19.2. The molecule has 1 amide bonds. The fraction of sp³-hybridized carbons (Fsp3) is 0.217. The maximum absolute atomic E-state index is 12.7. The van der Waals surface area contributed by atoms with E-state index in [2.05, 4.69) is 47.7 Å². The van der Waals surface area contributed by atoms with E-state index in [1.807, 2.05) is 37.3 Å². The highest BCUT2D eigenvalue weighted by Gasteiger charge is 2.11. The van der Waals surface area contributed by atoms with E-state index in [0.717, 1.165) is 28.9 Å². The van der Waals surface area contributed by atoms with Gasteiger partial charge in [-0.05, 0) is 43.0 Å². The van der Waals surface area contributed by atoms with Gasteiger partial charge in [0.05, 0.1) is 11.3 Å². The Hall–Kier alpha value is -3.14. The van der Waals surface area contributed by atoms with Crippen LogP contribution in [0.1, 0.15) is 39.5 Å². The summed E-state index contributed by atoms with van der Waals surface area (Å²) < 4.78 is 0. The molecular formula is C23H25N3O. The van der Waals surface area contributed by atoms with E-state index < -0.39 is 0 Å². The number of amides is 1. The lowest BCUT2D eigenvalue weighted by Crippen LogP contribution is -2.15. The second kappa shape index (κ2) is 8.49. The number of rotatable bonds is 6. The molecule has 1 heterocycles. The Bertz CT molecular complexity index is 950. The molecule has 0 saturated heterocycles. The fourth-order valence-corrected chi connectivity index (χ4v) is 3.07. The molecule has 2 aromatic carbocycles. The highest BCUT2D eigenvalue weighted by atomic mass is 16.1. The Morgan fingerprint density at radius 2 is 1.85 bits per heavy atom. The van der Waals surface area contributed by atoms with Crippen molar-refractivity contribution in [3.63, 3.8) is 0 Å². The fourth-order valence-electron chi connectivity index (χ4n) is 3.07. The first-order chi connectivity index (χ1) is 13.1. The molecule has 0 aliphatic carbocycles. The first kappa shape index (κ1) is 18.6. The summed E-state index contributed by atoms with van der Waals surface area (Å²) in [5, 5.41) is 6.39. The number of anilines is 2. The lowest BCUT2D eigenvalue weighted by Gasteiger charge is -2.13. The number of hydrogen-bond donors (Lipinski definition) is 2. The Balaban J connectivity index is 1.72. The van der Waals surface area contributed by atoms with Crippen molar-refractivity contribution in [1.82, 2.24) is 4.98 Å². The molecule has 0 aliphatic heterocycles. The molecule has 0 bridgehead atoms. The molecule has 1 aromatic heterocycles. The van der Waals surface area contributed by atoms with Crippen LogP contribution >= 0.6 is 0 Å². The van der Waals surface area contributed by atoms with Crippen molar-refractivity contribution in [2.24, 2.45) is 0 Å². The SMILES string of the molecule is CCc1cccc(C)c1NC(=O)c1cncc(NCc2cccc(C)c2)c1. The molecule has 27 heavy (non-hydrogen) atoms. The number of aromatic nitrogens is 1. The average Bonchev–Trinajstić information content (AvgIpc) is 2.68. The normalized spacial score (nSPS) is 10.5. The van der Waals surface area contributed by atoms with E-state index in [4.69, 9.17) is 0 Å². The summed E-state index contributed by atoms with van der Waals surface area (Å²) in [6, 6.07) is 16.2. The van der Waals surface area contributed by atoms with Crippen LogP contribution in [0.15, 0.2) is 60.9 Å². The smallest absolute Gasteiger partial charge is 0.257 e. The van der Waals surface area contributed by atoms with E-state index >= 15 is 0 Å². The van der Waals surface area contributed by atoms with Crippen LogP contribution in [0.5, 0.6) is 0 Å². The van der Waals surface area contributed by atoms with Gasteiger partial charge in [-0.25, -0.2) is 0 Å². The Morgan fingerprint density at radius 3 is 2.63 bits per heavy atom. The molecule has 0 saturated carbocycles. The van der Waals surface area contributed by atoms with E-state index in [0.29, 0.717) is 12.1 Å². The largest absolute Gasteiger partial charge is 0.380 e. The van der Waals surface area contributed by atoms with Gasteiger partial charge in [0.25, 0.3) is 5.91 Å². The van der Waals surface area contributed by atoms with Crippen LogP contribution in [0.3, 0.4) is 0 Å². The molecule has 0 unspecified atom stereocenters.